The van der Waals surface area contributed by atoms with Gasteiger partial charge in [0.1, 0.15) is 24.0 Å². The number of nitrogens with zero attached hydrogens (tertiary/aromatic N) is 2. The van der Waals surface area contributed by atoms with Crippen LogP contribution in [0.5, 0.6) is 5.75 Å². The van der Waals surface area contributed by atoms with Gasteiger partial charge in [0.25, 0.3) is 0 Å². The standard InChI is InChI=1S/C52H79ClN4O11/c1-35(2)29-44-49(60)66-42(13-12-14-45(58)55-41(31-38-17-20-43(62-11)40(53)30-38)48(59)54-33-52(7,8)50(61)67-44)36(3)46-47(68-46)39-18-15-37(16-19-39)32-56(9)21-23-63-25-27-65-28-26-64-24-22-57(10)34-51(4,5)6/h12,14-20,30,35-36,41-42,44,46-47H,13,21-29,31-34H2,1-11H3,(H,54,59)(H,55,58)/b14-12+/t36-,41+,42-,44-,46+,47+/m0/s1. The topological polar surface area (TPSA) is 167 Å². The number of esters is 2. The monoisotopic (exact) mass is 971 g/mol. The molecule has 0 unspecified atom stereocenters. The number of carbonyl (C=O) groups is 4. The molecule has 2 aliphatic rings. The number of halogens is 1. The molecule has 15 nitrogen and oxygen atoms in total. The normalized spacial score (nSPS) is 22.7. The van der Waals surface area contributed by atoms with Crippen molar-refractivity contribution < 1.29 is 52.3 Å². The quantitative estimate of drug-likeness (QED) is 0.0697. The van der Waals surface area contributed by atoms with E-state index in [1.807, 2.05) is 20.8 Å². The number of methoxy groups -OCH3 is 1. The van der Waals surface area contributed by atoms with Gasteiger partial charge in [-0.25, -0.2) is 4.79 Å². The third-order valence-corrected chi connectivity index (χ3v) is 12.1. The smallest absolute Gasteiger partial charge is 0.347 e. The molecule has 380 valence electrons. The highest BCUT2D eigenvalue weighted by atomic mass is 35.5. The number of likely N-dealkylation sites (N-methyl/N-ethyl adjacent to an activating group) is 2. The molecule has 68 heavy (non-hydrogen) atoms. The number of hydrogen-bond acceptors (Lipinski definition) is 13. The first-order chi connectivity index (χ1) is 32.1. The number of ether oxygens (including phenoxy) is 7. The summed E-state index contributed by atoms with van der Waals surface area (Å²) in [4.78, 5) is 59.0. The van der Waals surface area contributed by atoms with E-state index in [4.69, 9.17) is 44.8 Å². The van der Waals surface area contributed by atoms with Crippen LogP contribution in [-0.4, -0.2) is 145 Å². The molecule has 16 heteroatoms. The van der Waals surface area contributed by atoms with Gasteiger partial charge in [-0.2, -0.15) is 0 Å². The van der Waals surface area contributed by atoms with Crippen LogP contribution in [0.4, 0.5) is 0 Å². The lowest BCUT2D eigenvalue weighted by molar-refractivity contribution is -0.179. The Hall–Kier alpha value is -4.09. The van der Waals surface area contributed by atoms with Crippen molar-refractivity contribution in [2.24, 2.45) is 22.7 Å². The van der Waals surface area contributed by atoms with Crippen molar-refractivity contribution in [3.8, 4) is 5.75 Å². The summed E-state index contributed by atoms with van der Waals surface area (Å²) in [6, 6.07) is 12.4. The average molecular weight is 972 g/mol. The van der Waals surface area contributed by atoms with Crippen molar-refractivity contribution in [3.63, 3.8) is 0 Å². The van der Waals surface area contributed by atoms with E-state index in [0.717, 1.165) is 37.3 Å². The van der Waals surface area contributed by atoms with Gasteiger partial charge in [0.15, 0.2) is 6.10 Å². The van der Waals surface area contributed by atoms with Gasteiger partial charge in [-0.15, -0.1) is 0 Å². The summed E-state index contributed by atoms with van der Waals surface area (Å²) in [5.41, 5.74) is 1.88. The Kier molecular flexibility index (Phi) is 22.7. The van der Waals surface area contributed by atoms with Gasteiger partial charge in [-0.05, 0) is 80.6 Å². The van der Waals surface area contributed by atoms with E-state index in [-0.39, 0.29) is 55.3 Å². The van der Waals surface area contributed by atoms with Crippen LogP contribution in [0.3, 0.4) is 0 Å². The van der Waals surface area contributed by atoms with Crippen LogP contribution in [-0.2, 0) is 60.6 Å². The highest BCUT2D eigenvalue weighted by Gasteiger charge is 2.48. The highest BCUT2D eigenvalue weighted by molar-refractivity contribution is 6.32. The number of rotatable bonds is 23. The predicted octanol–water partition coefficient (Wildman–Crippen LogP) is 6.58. The van der Waals surface area contributed by atoms with Crippen LogP contribution in [0.25, 0.3) is 0 Å². The number of amides is 2. The fourth-order valence-electron chi connectivity index (χ4n) is 7.90. The van der Waals surface area contributed by atoms with Gasteiger partial charge in [0, 0.05) is 51.5 Å². The van der Waals surface area contributed by atoms with Crippen molar-refractivity contribution in [1.82, 2.24) is 20.4 Å². The fourth-order valence-corrected chi connectivity index (χ4v) is 8.18. The Morgan fingerprint density at radius 2 is 1.47 bits per heavy atom. The molecule has 0 spiro atoms. The van der Waals surface area contributed by atoms with Crippen molar-refractivity contribution in [3.05, 3.63) is 76.3 Å². The molecule has 2 aromatic carbocycles. The largest absolute Gasteiger partial charge is 0.495 e. The predicted molar refractivity (Wildman–Crippen MR) is 262 cm³/mol. The molecule has 0 aliphatic carbocycles. The van der Waals surface area contributed by atoms with Crippen molar-refractivity contribution >= 4 is 35.4 Å². The summed E-state index contributed by atoms with van der Waals surface area (Å²) in [6.45, 7) is 22.5. The molecule has 1 saturated heterocycles. The lowest BCUT2D eigenvalue weighted by atomic mass is 9.92. The number of carbonyl (C=O) groups excluding carboxylic acids is 4. The van der Waals surface area contributed by atoms with Crippen LogP contribution >= 0.6 is 11.6 Å². The van der Waals surface area contributed by atoms with E-state index in [2.05, 4.69) is 79.6 Å². The zero-order chi connectivity index (χ0) is 50.0. The van der Waals surface area contributed by atoms with Gasteiger partial charge in [0.2, 0.25) is 11.8 Å². The maximum absolute atomic E-state index is 13.9. The Morgan fingerprint density at radius 3 is 2.07 bits per heavy atom. The lowest BCUT2D eigenvalue weighted by Gasteiger charge is -2.29. The molecule has 0 saturated carbocycles. The van der Waals surface area contributed by atoms with E-state index in [1.54, 1.807) is 38.1 Å². The summed E-state index contributed by atoms with van der Waals surface area (Å²) in [5, 5.41) is 5.95. The Balaban J connectivity index is 1.32. The minimum atomic E-state index is -1.23. The number of epoxide rings is 1. The van der Waals surface area contributed by atoms with Crippen LogP contribution in [0.1, 0.15) is 91.0 Å². The molecule has 2 aliphatic heterocycles. The lowest BCUT2D eigenvalue weighted by Crippen LogP contribution is -2.51. The Morgan fingerprint density at radius 1 is 0.853 bits per heavy atom. The minimum Gasteiger partial charge on any atom is -0.495 e. The van der Waals surface area contributed by atoms with E-state index >= 15 is 0 Å². The fraction of sp³-hybridized carbons (Fsp3) is 0.654. The molecule has 0 bridgehead atoms. The zero-order valence-corrected chi connectivity index (χ0v) is 43.2. The van der Waals surface area contributed by atoms with E-state index in [1.165, 1.54) is 13.2 Å². The minimum absolute atomic E-state index is 0.00434. The number of cyclic esters (lactones) is 2. The molecule has 6 atom stereocenters. The summed E-state index contributed by atoms with van der Waals surface area (Å²) in [5.74, 6) is -2.20. The number of hydrogen-bond donors (Lipinski definition) is 2. The first kappa shape index (κ1) is 56.5. The summed E-state index contributed by atoms with van der Waals surface area (Å²) >= 11 is 6.38. The SMILES string of the molecule is COc1ccc(C[C@H]2NC(=O)/C=C/C[C@@H]([C@H](C)[C@H]3O[C@@H]3c3ccc(CN(C)CCOCCOCCOCCN(C)CC(C)(C)C)cc3)OC(=O)[C@H](CC(C)C)OC(=O)C(C)(C)CNC2=O)cc1Cl. The van der Waals surface area contributed by atoms with Crippen molar-refractivity contribution in [1.29, 1.82) is 0 Å². The molecule has 2 heterocycles. The third-order valence-electron chi connectivity index (χ3n) is 11.8. The van der Waals surface area contributed by atoms with Crippen LogP contribution in [0.2, 0.25) is 5.02 Å². The van der Waals surface area contributed by atoms with Gasteiger partial charge < -0.3 is 48.7 Å². The Labute approximate surface area is 410 Å². The van der Waals surface area contributed by atoms with E-state index < -0.39 is 47.4 Å². The summed E-state index contributed by atoms with van der Waals surface area (Å²) < 4.78 is 40.7. The molecule has 2 aromatic rings. The number of benzene rings is 2. The summed E-state index contributed by atoms with van der Waals surface area (Å²) in [7, 11) is 5.68. The van der Waals surface area contributed by atoms with Gasteiger partial charge in [-0.1, -0.05) is 89.6 Å². The van der Waals surface area contributed by atoms with Crippen LogP contribution < -0.4 is 15.4 Å². The molecule has 4 rings (SSSR count). The molecule has 2 N–H and O–H groups in total. The highest BCUT2D eigenvalue weighted by Crippen LogP contribution is 2.45. The van der Waals surface area contributed by atoms with Gasteiger partial charge in [0.05, 0.1) is 63.3 Å². The van der Waals surface area contributed by atoms with E-state index in [0.29, 0.717) is 56.0 Å². The van der Waals surface area contributed by atoms with E-state index in [9.17, 15) is 19.2 Å². The molecular weight excluding hydrogens is 892 g/mol. The second-order valence-corrected chi connectivity index (χ2v) is 20.9. The molecule has 1 fully saturated rings. The maximum Gasteiger partial charge on any atom is 0.347 e. The second kappa shape index (κ2) is 27.3. The first-order valence-corrected chi connectivity index (χ1v) is 24.4. The maximum atomic E-state index is 13.9. The van der Waals surface area contributed by atoms with Gasteiger partial charge in [-0.3, -0.25) is 19.3 Å². The third kappa shape index (κ3) is 19.7. The average Bonchev–Trinajstić information content (AvgIpc) is 4.07. The number of nitrogens with one attached hydrogen (secondary N) is 2. The van der Waals surface area contributed by atoms with Crippen LogP contribution in [0, 0.1) is 22.7 Å². The zero-order valence-electron chi connectivity index (χ0n) is 42.4. The first-order valence-electron chi connectivity index (χ1n) is 24.0. The molecule has 2 amide bonds. The van der Waals surface area contributed by atoms with Crippen molar-refractivity contribution in [2.45, 2.75) is 112 Å². The molecule has 0 aromatic heterocycles. The van der Waals surface area contributed by atoms with Gasteiger partial charge >= 0.3 is 11.9 Å². The van der Waals surface area contributed by atoms with Crippen molar-refractivity contribution in [2.75, 3.05) is 87.0 Å². The summed E-state index contributed by atoms with van der Waals surface area (Å²) in [6.07, 6.45) is 1.07. The van der Waals surface area contributed by atoms with Crippen LogP contribution in [0.15, 0.2) is 54.6 Å². The molecule has 0 radical (unpaired) electrons. The molecular formula is C52H79ClN4O11. The second-order valence-electron chi connectivity index (χ2n) is 20.5. The Bertz CT molecular complexity index is 1940.